The molecule has 0 atom stereocenters. The number of hydrogen-bond acceptors (Lipinski definition) is 1. The third-order valence-electron chi connectivity index (χ3n) is 2.56. The van der Waals surface area contributed by atoms with E-state index in [4.69, 9.17) is 0 Å². The molecule has 0 amide bonds. The molecular weight excluding hydrogens is 205 g/mol. The molecule has 1 aliphatic rings. The second-order valence-electron chi connectivity index (χ2n) is 3.98. The van der Waals surface area contributed by atoms with Crippen LogP contribution < -0.4 is 0 Å². The SMILES string of the molecule is CCc1cn(CC(F)(F)F)nc1C1CC1. The van der Waals surface area contributed by atoms with Crippen molar-refractivity contribution < 1.29 is 13.2 Å². The predicted octanol–water partition coefficient (Wildman–Crippen LogP) is 2.89. The number of halogens is 3. The van der Waals surface area contributed by atoms with Gasteiger partial charge in [0.05, 0.1) is 5.69 Å². The fourth-order valence-electron chi connectivity index (χ4n) is 1.72. The van der Waals surface area contributed by atoms with Gasteiger partial charge in [0, 0.05) is 12.1 Å². The molecule has 0 bridgehead atoms. The molecule has 2 nitrogen and oxygen atoms in total. The molecule has 0 aliphatic heterocycles. The average molecular weight is 218 g/mol. The van der Waals surface area contributed by atoms with Gasteiger partial charge < -0.3 is 0 Å². The summed E-state index contributed by atoms with van der Waals surface area (Å²) in [7, 11) is 0. The molecule has 1 heterocycles. The molecule has 0 spiro atoms. The number of alkyl halides is 3. The highest BCUT2D eigenvalue weighted by Crippen LogP contribution is 2.41. The number of nitrogens with zero attached hydrogens (tertiary/aromatic N) is 2. The van der Waals surface area contributed by atoms with Crippen LogP contribution in [0.1, 0.15) is 36.9 Å². The van der Waals surface area contributed by atoms with E-state index >= 15 is 0 Å². The molecule has 0 radical (unpaired) electrons. The van der Waals surface area contributed by atoms with Crippen LogP contribution in [0.4, 0.5) is 13.2 Å². The number of aromatic nitrogens is 2. The third kappa shape index (κ3) is 2.52. The van der Waals surface area contributed by atoms with Crippen LogP contribution in [0.15, 0.2) is 6.20 Å². The minimum Gasteiger partial charge on any atom is -0.263 e. The van der Waals surface area contributed by atoms with Crippen molar-refractivity contribution >= 4 is 0 Å². The molecule has 5 heteroatoms. The summed E-state index contributed by atoms with van der Waals surface area (Å²) in [6.07, 6.45) is 0.231. The lowest BCUT2D eigenvalue weighted by atomic mass is 10.1. The van der Waals surface area contributed by atoms with Crippen LogP contribution in [-0.4, -0.2) is 16.0 Å². The van der Waals surface area contributed by atoms with Gasteiger partial charge in [0.2, 0.25) is 0 Å². The molecule has 0 N–H and O–H groups in total. The lowest BCUT2D eigenvalue weighted by molar-refractivity contribution is -0.142. The topological polar surface area (TPSA) is 17.8 Å². The maximum Gasteiger partial charge on any atom is 0.408 e. The van der Waals surface area contributed by atoms with Gasteiger partial charge in [-0.3, -0.25) is 4.68 Å². The van der Waals surface area contributed by atoms with E-state index in [1.807, 2.05) is 6.92 Å². The van der Waals surface area contributed by atoms with E-state index in [0.29, 0.717) is 5.92 Å². The van der Waals surface area contributed by atoms with E-state index in [1.165, 1.54) is 6.20 Å². The Morgan fingerprint density at radius 3 is 2.60 bits per heavy atom. The summed E-state index contributed by atoms with van der Waals surface area (Å²) in [5.41, 5.74) is 1.84. The first-order chi connectivity index (χ1) is 6.99. The Labute approximate surface area is 86.1 Å². The standard InChI is InChI=1S/C10H13F3N2/c1-2-7-5-15(6-10(11,12)13)14-9(7)8-3-4-8/h5,8H,2-4,6H2,1H3. The Balaban J connectivity index is 2.19. The first kappa shape index (κ1) is 10.5. The van der Waals surface area contributed by atoms with Crippen LogP contribution in [0, 0.1) is 0 Å². The van der Waals surface area contributed by atoms with Gasteiger partial charge in [0.15, 0.2) is 0 Å². The molecule has 1 saturated carbocycles. The molecule has 1 fully saturated rings. The van der Waals surface area contributed by atoms with Crippen molar-refractivity contribution in [3.63, 3.8) is 0 Å². The Morgan fingerprint density at radius 2 is 2.13 bits per heavy atom. The normalized spacial score (nSPS) is 17.1. The van der Waals surface area contributed by atoms with Crippen molar-refractivity contribution in [2.45, 2.75) is 44.8 Å². The van der Waals surface area contributed by atoms with E-state index in [2.05, 4.69) is 5.10 Å². The zero-order valence-corrected chi connectivity index (χ0v) is 8.51. The van der Waals surface area contributed by atoms with Crippen molar-refractivity contribution in [2.24, 2.45) is 0 Å². The summed E-state index contributed by atoms with van der Waals surface area (Å²) < 4.78 is 37.4. The van der Waals surface area contributed by atoms with Gasteiger partial charge >= 0.3 is 6.18 Å². The van der Waals surface area contributed by atoms with Crippen LogP contribution in [0.2, 0.25) is 0 Å². The summed E-state index contributed by atoms with van der Waals surface area (Å²) in [4.78, 5) is 0. The second-order valence-corrected chi connectivity index (χ2v) is 3.98. The maximum atomic E-state index is 12.1. The van der Waals surface area contributed by atoms with Crippen molar-refractivity contribution in [1.29, 1.82) is 0 Å². The Kier molecular flexibility index (Phi) is 2.48. The highest BCUT2D eigenvalue weighted by molar-refractivity contribution is 5.24. The number of hydrogen-bond donors (Lipinski definition) is 0. The molecule has 84 valence electrons. The average Bonchev–Trinajstić information content (AvgIpc) is 2.86. The van der Waals surface area contributed by atoms with E-state index in [9.17, 15) is 13.2 Å². The molecule has 1 aromatic heterocycles. The second kappa shape index (κ2) is 3.54. The quantitative estimate of drug-likeness (QED) is 0.762. The summed E-state index contributed by atoms with van der Waals surface area (Å²) in [6, 6.07) is 0. The summed E-state index contributed by atoms with van der Waals surface area (Å²) in [5, 5.41) is 4.03. The van der Waals surface area contributed by atoms with Gasteiger partial charge in [-0.25, -0.2) is 0 Å². The van der Waals surface area contributed by atoms with Gasteiger partial charge in [0.1, 0.15) is 6.54 Å². The summed E-state index contributed by atoms with van der Waals surface area (Å²) in [6.45, 7) is 0.966. The molecular formula is C10H13F3N2. The van der Waals surface area contributed by atoms with Crippen LogP contribution in [0.3, 0.4) is 0 Å². The van der Waals surface area contributed by atoms with Gasteiger partial charge in [-0.2, -0.15) is 18.3 Å². The fraction of sp³-hybridized carbons (Fsp3) is 0.700. The Morgan fingerprint density at radius 1 is 1.47 bits per heavy atom. The highest BCUT2D eigenvalue weighted by atomic mass is 19.4. The highest BCUT2D eigenvalue weighted by Gasteiger charge is 2.32. The fourth-order valence-corrected chi connectivity index (χ4v) is 1.72. The van der Waals surface area contributed by atoms with Crippen molar-refractivity contribution in [2.75, 3.05) is 0 Å². The molecule has 15 heavy (non-hydrogen) atoms. The monoisotopic (exact) mass is 218 g/mol. The lowest BCUT2D eigenvalue weighted by Crippen LogP contribution is -2.18. The van der Waals surface area contributed by atoms with Crippen molar-refractivity contribution in [3.8, 4) is 0 Å². The minimum atomic E-state index is -4.18. The molecule has 0 aromatic carbocycles. The first-order valence-electron chi connectivity index (χ1n) is 5.12. The van der Waals surface area contributed by atoms with E-state index in [0.717, 1.165) is 35.2 Å². The molecule has 1 aromatic rings. The Bertz CT molecular complexity index is 350. The lowest BCUT2D eigenvalue weighted by Gasteiger charge is -2.05. The van der Waals surface area contributed by atoms with E-state index in [1.54, 1.807) is 0 Å². The smallest absolute Gasteiger partial charge is 0.263 e. The van der Waals surface area contributed by atoms with E-state index < -0.39 is 12.7 Å². The summed E-state index contributed by atoms with van der Waals surface area (Å²) in [5.74, 6) is 0.412. The van der Waals surface area contributed by atoms with Crippen LogP contribution in [0.25, 0.3) is 0 Å². The zero-order valence-electron chi connectivity index (χ0n) is 8.51. The van der Waals surface area contributed by atoms with E-state index in [-0.39, 0.29) is 0 Å². The van der Waals surface area contributed by atoms with Gasteiger partial charge in [-0.1, -0.05) is 6.92 Å². The van der Waals surface area contributed by atoms with Crippen LogP contribution in [-0.2, 0) is 13.0 Å². The summed E-state index contributed by atoms with van der Waals surface area (Å²) >= 11 is 0. The maximum absolute atomic E-state index is 12.1. The third-order valence-corrected chi connectivity index (χ3v) is 2.56. The van der Waals surface area contributed by atoms with Crippen LogP contribution in [0.5, 0.6) is 0 Å². The Hall–Kier alpha value is -1.00. The predicted molar refractivity (Wildman–Crippen MR) is 49.6 cm³/mol. The molecule has 2 rings (SSSR count). The van der Waals surface area contributed by atoms with Crippen molar-refractivity contribution in [3.05, 3.63) is 17.5 Å². The first-order valence-corrected chi connectivity index (χ1v) is 5.12. The van der Waals surface area contributed by atoms with Crippen molar-refractivity contribution in [1.82, 2.24) is 9.78 Å². The zero-order chi connectivity index (χ0) is 11.1. The number of aryl methyl sites for hydroxylation is 1. The van der Waals surface area contributed by atoms with Gasteiger partial charge in [-0.15, -0.1) is 0 Å². The van der Waals surface area contributed by atoms with Gasteiger partial charge in [0.25, 0.3) is 0 Å². The van der Waals surface area contributed by atoms with Crippen LogP contribution >= 0.6 is 0 Å². The van der Waals surface area contributed by atoms with Gasteiger partial charge in [-0.05, 0) is 24.8 Å². The minimum absolute atomic E-state index is 0.412. The number of rotatable bonds is 3. The molecule has 1 aliphatic carbocycles. The molecule has 0 saturated heterocycles. The largest absolute Gasteiger partial charge is 0.408 e. The molecule has 0 unspecified atom stereocenters.